The van der Waals surface area contributed by atoms with Crippen LogP contribution < -0.4 is 10.6 Å². The van der Waals surface area contributed by atoms with Crippen LogP contribution in [0.1, 0.15) is 12.8 Å². The summed E-state index contributed by atoms with van der Waals surface area (Å²) in [6.07, 6.45) is 1.85. The van der Waals surface area contributed by atoms with E-state index in [0.29, 0.717) is 0 Å². The molecule has 0 unspecified atom stereocenters. The summed E-state index contributed by atoms with van der Waals surface area (Å²) < 4.78 is 26.8. The molecule has 0 spiro atoms. The second-order valence-corrected chi connectivity index (χ2v) is 3.95. The Balaban J connectivity index is 2.39. The van der Waals surface area contributed by atoms with Crippen molar-refractivity contribution in [3.63, 3.8) is 0 Å². The predicted octanol–water partition coefficient (Wildman–Crippen LogP) is 1.51. The first-order valence-corrected chi connectivity index (χ1v) is 5.26. The fourth-order valence-electron chi connectivity index (χ4n) is 1.82. The molecule has 2 rings (SSSR count). The number of anilines is 2. The van der Waals surface area contributed by atoms with Crippen molar-refractivity contribution in [1.82, 2.24) is 0 Å². The number of hydrogen-bond acceptors (Lipinski definition) is 3. The Morgan fingerprint density at radius 1 is 1.38 bits per heavy atom. The SMILES string of the molecule is Nc1ccc(F)c(F)c1N(CCO)C1CC1. The minimum Gasteiger partial charge on any atom is -0.397 e. The quantitative estimate of drug-likeness (QED) is 0.768. The summed E-state index contributed by atoms with van der Waals surface area (Å²) in [5, 5.41) is 8.93. The van der Waals surface area contributed by atoms with Crippen molar-refractivity contribution in [2.24, 2.45) is 0 Å². The summed E-state index contributed by atoms with van der Waals surface area (Å²) in [5.74, 6) is -1.84. The normalized spacial score (nSPS) is 15.2. The molecule has 0 aliphatic heterocycles. The topological polar surface area (TPSA) is 49.5 Å². The van der Waals surface area contributed by atoms with Crippen molar-refractivity contribution < 1.29 is 13.9 Å². The summed E-state index contributed by atoms with van der Waals surface area (Å²) in [6.45, 7) is 0.168. The van der Waals surface area contributed by atoms with E-state index in [1.165, 1.54) is 6.07 Å². The number of hydrogen-bond donors (Lipinski definition) is 2. The summed E-state index contributed by atoms with van der Waals surface area (Å²) in [5.41, 5.74) is 5.94. The minimum atomic E-state index is -0.930. The van der Waals surface area contributed by atoms with Gasteiger partial charge in [0.2, 0.25) is 0 Å². The molecule has 0 radical (unpaired) electrons. The van der Waals surface area contributed by atoms with Crippen molar-refractivity contribution in [2.45, 2.75) is 18.9 Å². The maximum absolute atomic E-state index is 13.6. The van der Waals surface area contributed by atoms with Crippen molar-refractivity contribution in [3.8, 4) is 0 Å². The first-order chi connectivity index (χ1) is 7.65. The lowest BCUT2D eigenvalue weighted by atomic mass is 10.2. The molecule has 1 aromatic rings. The molecule has 0 bridgehead atoms. The molecule has 1 aliphatic rings. The highest BCUT2D eigenvalue weighted by atomic mass is 19.2. The van der Waals surface area contributed by atoms with Crippen LogP contribution in [0.3, 0.4) is 0 Å². The Morgan fingerprint density at radius 3 is 2.62 bits per heavy atom. The zero-order valence-electron chi connectivity index (χ0n) is 8.79. The first kappa shape index (κ1) is 11.1. The van der Waals surface area contributed by atoms with Gasteiger partial charge in [0.25, 0.3) is 0 Å². The smallest absolute Gasteiger partial charge is 0.184 e. The van der Waals surface area contributed by atoms with E-state index in [0.717, 1.165) is 18.9 Å². The monoisotopic (exact) mass is 228 g/mol. The predicted molar refractivity (Wildman–Crippen MR) is 58.2 cm³/mol. The van der Waals surface area contributed by atoms with Gasteiger partial charge in [0.1, 0.15) is 0 Å². The highest BCUT2D eigenvalue weighted by molar-refractivity contribution is 5.69. The Morgan fingerprint density at radius 2 is 2.06 bits per heavy atom. The van der Waals surface area contributed by atoms with Gasteiger partial charge in [-0.25, -0.2) is 8.78 Å². The second kappa shape index (κ2) is 4.25. The van der Waals surface area contributed by atoms with Crippen LogP contribution in [0.15, 0.2) is 12.1 Å². The number of aliphatic hydroxyl groups excluding tert-OH is 1. The molecule has 1 fully saturated rings. The van der Waals surface area contributed by atoms with Gasteiger partial charge in [0.05, 0.1) is 18.0 Å². The van der Waals surface area contributed by atoms with Crippen molar-refractivity contribution >= 4 is 11.4 Å². The van der Waals surface area contributed by atoms with Crippen LogP contribution in [0.4, 0.5) is 20.2 Å². The van der Waals surface area contributed by atoms with E-state index >= 15 is 0 Å². The number of nitrogens with zero attached hydrogens (tertiary/aromatic N) is 1. The Bertz CT molecular complexity index is 394. The zero-order chi connectivity index (χ0) is 11.7. The van der Waals surface area contributed by atoms with Gasteiger partial charge in [-0.2, -0.15) is 0 Å². The fraction of sp³-hybridized carbons (Fsp3) is 0.455. The van der Waals surface area contributed by atoms with Gasteiger partial charge in [0, 0.05) is 12.6 Å². The molecule has 0 saturated heterocycles. The van der Waals surface area contributed by atoms with E-state index in [1.807, 2.05) is 0 Å². The molecule has 3 nitrogen and oxygen atoms in total. The molecular formula is C11H14F2N2O. The van der Waals surface area contributed by atoms with Gasteiger partial charge < -0.3 is 15.7 Å². The van der Waals surface area contributed by atoms with E-state index in [9.17, 15) is 8.78 Å². The summed E-state index contributed by atoms with van der Waals surface area (Å²) >= 11 is 0. The van der Waals surface area contributed by atoms with Crippen LogP contribution in [0.25, 0.3) is 0 Å². The maximum Gasteiger partial charge on any atom is 0.184 e. The molecule has 0 heterocycles. The van der Waals surface area contributed by atoms with Gasteiger partial charge in [-0.1, -0.05) is 0 Å². The van der Waals surface area contributed by atoms with Crippen LogP contribution in [-0.4, -0.2) is 24.3 Å². The van der Waals surface area contributed by atoms with Gasteiger partial charge in [-0.15, -0.1) is 0 Å². The van der Waals surface area contributed by atoms with E-state index in [-0.39, 0.29) is 30.6 Å². The highest BCUT2D eigenvalue weighted by Crippen LogP contribution is 2.36. The number of halogens is 2. The van der Waals surface area contributed by atoms with Crippen molar-refractivity contribution in [2.75, 3.05) is 23.8 Å². The molecule has 88 valence electrons. The van der Waals surface area contributed by atoms with Crippen LogP contribution in [-0.2, 0) is 0 Å². The average molecular weight is 228 g/mol. The number of aliphatic hydroxyl groups is 1. The third-order valence-corrected chi connectivity index (χ3v) is 2.72. The van der Waals surface area contributed by atoms with Crippen LogP contribution in [0, 0.1) is 11.6 Å². The average Bonchev–Trinajstić information content (AvgIpc) is 3.06. The van der Waals surface area contributed by atoms with Crippen LogP contribution >= 0.6 is 0 Å². The number of benzene rings is 1. The van der Waals surface area contributed by atoms with E-state index in [4.69, 9.17) is 10.8 Å². The van der Waals surface area contributed by atoms with Crippen molar-refractivity contribution in [1.29, 1.82) is 0 Å². The van der Waals surface area contributed by atoms with Gasteiger partial charge >= 0.3 is 0 Å². The van der Waals surface area contributed by atoms with E-state index in [1.54, 1.807) is 4.90 Å². The minimum absolute atomic E-state index is 0.0801. The summed E-state index contributed by atoms with van der Waals surface area (Å²) in [6, 6.07) is 2.53. The Hall–Kier alpha value is -1.36. The fourth-order valence-corrected chi connectivity index (χ4v) is 1.82. The van der Waals surface area contributed by atoms with Crippen LogP contribution in [0.2, 0.25) is 0 Å². The first-order valence-electron chi connectivity index (χ1n) is 5.26. The van der Waals surface area contributed by atoms with Crippen molar-refractivity contribution in [3.05, 3.63) is 23.8 Å². The third kappa shape index (κ3) is 1.95. The van der Waals surface area contributed by atoms with E-state index in [2.05, 4.69) is 0 Å². The Kier molecular flexibility index (Phi) is 2.96. The lowest BCUT2D eigenvalue weighted by molar-refractivity contribution is 0.301. The molecule has 0 amide bonds. The molecule has 1 aromatic carbocycles. The highest BCUT2D eigenvalue weighted by Gasteiger charge is 2.32. The number of rotatable bonds is 4. The standard InChI is InChI=1S/C11H14F2N2O/c12-8-3-4-9(14)11(10(8)13)15(5-6-16)7-1-2-7/h3-4,7,16H,1-2,5-6,14H2. The molecule has 1 aliphatic carbocycles. The van der Waals surface area contributed by atoms with Crippen LogP contribution in [0.5, 0.6) is 0 Å². The molecule has 1 saturated carbocycles. The van der Waals surface area contributed by atoms with Gasteiger partial charge in [0.15, 0.2) is 11.6 Å². The molecule has 0 atom stereocenters. The molecule has 5 heteroatoms. The molecule has 16 heavy (non-hydrogen) atoms. The summed E-state index contributed by atoms with van der Waals surface area (Å²) in [7, 11) is 0. The maximum atomic E-state index is 13.6. The lowest BCUT2D eigenvalue weighted by Crippen LogP contribution is -2.30. The third-order valence-electron chi connectivity index (χ3n) is 2.72. The van der Waals surface area contributed by atoms with Gasteiger partial charge in [-0.05, 0) is 25.0 Å². The number of nitrogen functional groups attached to an aromatic ring is 1. The summed E-state index contributed by atoms with van der Waals surface area (Å²) in [4.78, 5) is 1.65. The molecule has 3 N–H and O–H groups in total. The zero-order valence-corrected chi connectivity index (χ0v) is 8.79. The second-order valence-electron chi connectivity index (χ2n) is 3.95. The Labute approximate surface area is 92.5 Å². The molecule has 0 aromatic heterocycles. The van der Waals surface area contributed by atoms with Gasteiger partial charge in [-0.3, -0.25) is 0 Å². The lowest BCUT2D eigenvalue weighted by Gasteiger charge is -2.25. The van der Waals surface area contributed by atoms with E-state index < -0.39 is 11.6 Å². The largest absolute Gasteiger partial charge is 0.397 e. The number of nitrogens with two attached hydrogens (primary N) is 1. The molecular weight excluding hydrogens is 214 g/mol.